The highest BCUT2D eigenvalue weighted by Gasteiger charge is 2.24. The van der Waals surface area contributed by atoms with E-state index in [4.69, 9.17) is 4.74 Å². The van der Waals surface area contributed by atoms with Gasteiger partial charge in [0.25, 0.3) is 0 Å². The van der Waals surface area contributed by atoms with Crippen LogP contribution in [0, 0.1) is 5.92 Å². The third kappa shape index (κ3) is 3.39. The first-order valence-electron chi connectivity index (χ1n) is 5.60. The van der Waals surface area contributed by atoms with E-state index in [2.05, 4.69) is 18.7 Å². The topological polar surface area (TPSA) is 29.5 Å². The van der Waals surface area contributed by atoms with Crippen molar-refractivity contribution in [1.29, 1.82) is 0 Å². The number of carbonyl (C=O) groups excluding carboxylic acids is 1. The monoisotopic (exact) mass is 199 g/mol. The van der Waals surface area contributed by atoms with Crippen molar-refractivity contribution in [1.82, 2.24) is 4.90 Å². The van der Waals surface area contributed by atoms with Gasteiger partial charge in [-0.2, -0.15) is 0 Å². The van der Waals surface area contributed by atoms with Crippen LogP contribution in [0.5, 0.6) is 0 Å². The summed E-state index contributed by atoms with van der Waals surface area (Å²) in [4.78, 5) is 13.9. The van der Waals surface area contributed by atoms with Crippen LogP contribution in [-0.4, -0.2) is 43.5 Å². The van der Waals surface area contributed by atoms with Crippen LogP contribution in [0.1, 0.15) is 26.7 Å². The maximum Gasteiger partial charge on any atom is 0.141 e. The first kappa shape index (κ1) is 11.7. The summed E-state index contributed by atoms with van der Waals surface area (Å²) < 4.78 is 5.33. The van der Waals surface area contributed by atoms with Crippen LogP contribution in [0.4, 0.5) is 0 Å². The van der Waals surface area contributed by atoms with E-state index in [-0.39, 0.29) is 5.92 Å². The SMILES string of the molecule is CCCN(CC)CC1COCCC1=O. The number of rotatable bonds is 5. The van der Waals surface area contributed by atoms with Gasteiger partial charge in [0.05, 0.1) is 19.1 Å². The van der Waals surface area contributed by atoms with Crippen LogP contribution >= 0.6 is 0 Å². The molecule has 0 aromatic heterocycles. The summed E-state index contributed by atoms with van der Waals surface area (Å²) in [7, 11) is 0. The Morgan fingerprint density at radius 2 is 2.29 bits per heavy atom. The lowest BCUT2D eigenvalue weighted by atomic mass is 10.00. The molecule has 1 saturated heterocycles. The number of Topliss-reactive ketones (excluding diaryl/α,β-unsaturated/α-hetero) is 1. The summed E-state index contributed by atoms with van der Waals surface area (Å²) in [6.45, 7) is 8.54. The molecule has 1 aliphatic heterocycles. The van der Waals surface area contributed by atoms with Gasteiger partial charge < -0.3 is 9.64 Å². The minimum atomic E-state index is 0.121. The molecule has 14 heavy (non-hydrogen) atoms. The lowest BCUT2D eigenvalue weighted by Gasteiger charge is -2.27. The Hall–Kier alpha value is -0.410. The fraction of sp³-hybridized carbons (Fsp3) is 0.909. The van der Waals surface area contributed by atoms with E-state index in [0.29, 0.717) is 25.4 Å². The average molecular weight is 199 g/mol. The van der Waals surface area contributed by atoms with Crippen molar-refractivity contribution in [3.63, 3.8) is 0 Å². The van der Waals surface area contributed by atoms with Crippen LogP contribution in [0.2, 0.25) is 0 Å². The fourth-order valence-corrected chi connectivity index (χ4v) is 1.86. The van der Waals surface area contributed by atoms with E-state index in [9.17, 15) is 4.79 Å². The van der Waals surface area contributed by atoms with Gasteiger partial charge in [0.15, 0.2) is 0 Å². The molecule has 0 bridgehead atoms. The fourth-order valence-electron chi connectivity index (χ4n) is 1.86. The summed E-state index contributed by atoms with van der Waals surface area (Å²) in [6.07, 6.45) is 1.75. The lowest BCUT2D eigenvalue weighted by molar-refractivity contribution is -0.131. The van der Waals surface area contributed by atoms with Crippen molar-refractivity contribution < 1.29 is 9.53 Å². The molecule has 0 aromatic rings. The van der Waals surface area contributed by atoms with E-state index in [0.717, 1.165) is 26.1 Å². The zero-order chi connectivity index (χ0) is 10.4. The molecule has 0 amide bonds. The van der Waals surface area contributed by atoms with Gasteiger partial charge in [-0.3, -0.25) is 4.79 Å². The molecule has 1 aliphatic rings. The minimum Gasteiger partial charge on any atom is -0.380 e. The smallest absolute Gasteiger partial charge is 0.141 e. The molecule has 1 fully saturated rings. The second-order valence-electron chi connectivity index (χ2n) is 3.88. The summed E-state index contributed by atoms with van der Waals surface area (Å²) in [5, 5.41) is 0. The Kier molecular flexibility index (Phi) is 5.12. The number of ketones is 1. The van der Waals surface area contributed by atoms with E-state index in [1.165, 1.54) is 0 Å². The first-order chi connectivity index (χ1) is 6.77. The number of nitrogens with zero attached hydrogens (tertiary/aromatic N) is 1. The van der Waals surface area contributed by atoms with Crippen LogP contribution in [0.3, 0.4) is 0 Å². The molecule has 1 unspecified atom stereocenters. The molecule has 0 aromatic carbocycles. The van der Waals surface area contributed by atoms with Crippen molar-refractivity contribution in [2.75, 3.05) is 32.8 Å². The predicted molar refractivity (Wildman–Crippen MR) is 56.3 cm³/mol. The predicted octanol–water partition coefficient (Wildman–Crippen LogP) is 1.32. The maximum atomic E-state index is 11.5. The molecule has 1 atom stereocenters. The molecular weight excluding hydrogens is 178 g/mol. The summed E-state index contributed by atoms with van der Waals surface area (Å²) in [6, 6.07) is 0. The third-order valence-corrected chi connectivity index (χ3v) is 2.73. The Morgan fingerprint density at radius 1 is 1.50 bits per heavy atom. The Morgan fingerprint density at radius 3 is 2.86 bits per heavy atom. The Labute approximate surface area is 86.4 Å². The summed E-state index contributed by atoms with van der Waals surface area (Å²) >= 11 is 0. The van der Waals surface area contributed by atoms with Gasteiger partial charge in [0.1, 0.15) is 5.78 Å². The van der Waals surface area contributed by atoms with Gasteiger partial charge in [-0.05, 0) is 19.5 Å². The highest BCUT2D eigenvalue weighted by Crippen LogP contribution is 2.11. The molecule has 0 radical (unpaired) electrons. The normalized spacial score (nSPS) is 23.1. The molecule has 1 rings (SSSR count). The van der Waals surface area contributed by atoms with Crippen LogP contribution in [0.15, 0.2) is 0 Å². The maximum absolute atomic E-state index is 11.5. The summed E-state index contributed by atoms with van der Waals surface area (Å²) in [5.74, 6) is 0.501. The Balaban J connectivity index is 2.35. The van der Waals surface area contributed by atoms with Gasteiger partial charge in [0.2, 0.25) is 0 Å². The van der Waals surface area contributed by atoms with Gasteiger partial charge in [-0.15, -0.1) is 0 Å². The van der Waals surface area contributed by atoms with Crippen LogP contribution < -0.4 is 0 Å². The molecule has 0 aliphatic carbocycles. The van der Waals surface area contributed by atoms with Crippen molar-refractivity contribution in [3.05, 3.63) is 0 Å². The molecule has 1 heterocycles. The highest BCUT2D eigenvalue weighted by molar-refractivity contribution is 5.82. The number of hydrogen-bond donors (Lipinski definition) is 0. The second-order valence-corrected chi connectivity index (χ2v) is 3.88. The van der Waals surface area contributed by atoms with E-state index < -0.39 is 0 Å². The van der Waals surface area contributed by atoms with Crippen LogP contribution in [-0.2, 0) is 9.53 Å². The molecule has 0 N–H and O–H groups in total. The van der Waals surface area contributed by atoms with E-state index in [1.54, 1.807) is 0 Å². The van der Waals surface area contributed by atoms with Gasteiger partial charge in [-0.1, -0.05) is 13.8 Å². The number of carbonyl (C=O) groups is 1. The highest BCUT2D eigenvalue weighted by atomic mass is 16.5. The van der Waals surface area contributed by atoms with Crippen molar-refractivity contribution in [2.45, 2.75) is 26.7 Å². The third-order valence-electron chi connectivity index (χ3n) is 2.73. The second kappa shape index (κ2) is 6.14. The number of hydrogen-bond acceptors (Lipinski definition) is 3. The van der Waals surface area contributed by atoms with Crippen LogP contribution in [0.25, 0.3) is 0 Å². The Bertz CT molecular complexity index is 182. The number of ether oxygens (including phenoxy) is 1. The standard InChI is InChI=1S/C11H21NO2/c1-3-6-12(4-2)8-10-9-14-7-5-11(10)13/h10H,3-9H2,1-2H3. The largest absolute Gasteiger partial charge is 0.380 e. The zero-order valence-corrected chi connectivity index (χ0v) is 9.29. The molecular formula is C11H21NO2. The van der Waals surface area contributed by atoms with Crippen molar-refractivity contribution >= 4 is 5.78 Å². The van der Waals surface area contributed by atoms with Gasteiger partial charge in [-0.25, -0.2) is 0 Å². The van der Waals surface area contributed by atoms with Crippen molar-refractivity contribution in [3.8, 4) is 0 Å². The molecule has 3 heteroatoms. The quantitative estimate of drug-likeness (QED) is 0.669. The van der Waals surface area contributed by atoms with Gasteiger partial charge in [0, 0.05) is 13.0 Å². The van der Waals surface area contributed by atoms with E-state index in [1.807, 2.05) is 0 Å². The molecule has 0 spiro atoms. The molecule has 3 nitrogen and oxygen atoms in total. The average Bonchev–Trinajstić information content (AvgIpc) is 2.20. The zero-order valence-electron chi connectivity index (χ0n) is 9.29. The summed E-state index contributed by atoms with van der Waals surface area (Å²) in [5.41, 5.74) is 0. The lowest BCUT2D eigenvalue weighted by Crippen LogP contribution is -2.38. The molecule has 0 saturated carbocycles. The minimum absolute atomic E-state index is 0.121. The van der Waals surface area contributed by atoms with Crippen molar-refractivity contribution in [2.24, 2.45) is 5.92 Å². The van der Waals surface area contributed by atoms with Gasteiger partial charge >= 0.3 is 0 Å². The molecule has 82 valence electrons. The first-order valence-corrected chi connectivity index (χ1v) is 5.60. The van der Waals surface area contributed by atoms with E-state index >= 15 is 0 Å².